The first-order valence-corrected chi connectivity index (χ1v) is 5.29. The van der Waals surface area contributed by atoms with E-state index in [4.69, 9.17) is 15.0 Å². The fraction of sp³-hybridized carbons (Fsp3) is 0.250. The van der Waals surface area contributed by atoms with Gasteiger partial charge in [-0.25, -0.2) is 4.79 Å². The van der Waals surface area contributed by atoms with Crippen molar-refractivity contribution in [2.75, 3.05) is 13.7 Å². The molecular weight excluding hydrogens is 234 g/mol. The Kier molecular flexibility index (Phi) is 5.28. The first kappa shape index (κ1) is 13.6. The predicted octanol–water partition coefficient (Wildman–Crippen LogP) is 3.21. The third-order valence-electron chi connectivity index (χ3n) is 2.06. The summed E-state index contributed by atoms with van der Waals surface area (Å²) in [6.07, 6.45) is 2.89. The Morgan fingerprint density at radius 2 is 2.33 bits per heavy atom. The first-order chi connectivity index (χ1) is 8.71. The lowest BCUT2D eigenvalue weighted by atomic mass is 10.1. The van der Waals surface area contributed by atoms with Gasteiger partial charge in [0.05, 0.1) is 13.7 Å². The summed E-state index contributed by atoms with van der Waals surface area (Å²) in [7, 11) is 1.50. The highest BCUT2D eigenvalue weighted by molar-refractivity contribution is 5.87. The summed E-state index contributed by atoms with van der Waals surface area (Å²) in [5, 5.41) is 3.47. The summed E-state index contributed by atoms with van der Waals surface area (Å²) in [4.78, 5) is 13.9. The minimum atomic E-state index is -0.418. The summed E-state index contributed by atoms with van der Waals surface area (Å²) in [5.74, 6) is 0.0964. The Balaban J connectivity index is 2.95. The zero-order chi connectivity index (χ0) is 13.4. The summed E-state index contributed by atoms with van der Waals surface area (Å²) in [6, 6.07) is 4.91. The molecule has 18 heavy (non-hydrogen) atoms. The van der Waals surface area contributed by atoms with Crippen molar-refractivity contribution < 1.29 is 14.3 Å². The van der Waals surface area contributed by atoms with Crippen molar-refractivity contribution in [2.45, 2.75) is 6.92 Å². The molecule has 0 saturated carbocycles. The first-order valence-electron chi connectivity index (χ1n) is 5.29. The van der Waals surface area contributed by atoms with E-state index in [1.54, 1.807) is 31.2 Å². The molecule has 0 radical (unpaired) electrons. The average molecular weight is 247 g/mol. The van der Waals surface area contributed by atoms with Crippen molar-refractivity contribution in [3.05, 3.63) is 40.3 Å². The third-order valence-corrected chi connectivity index (χ3v) is 2.06. The molecule has 0 amide bonds. The molecule has 1 aromatic rings. The fourth-order valence-corrected chi connectivity index (χ4v) is 1.30. The van der Waals surface area contributed by atoms with Crippen molar-refractivity contribution in [3.63, 3.8) is 0 Å². The number of rotatable bonds is 5. The van der Waals surface area contributed by atoms with Gasteiger partial charge in [0.1, 0.15) is 5.75 Å². The Hall–Kier alpha value is -2.46. The topological polar surface area (TPSA) is 84.3 Å². The largest absolute Gasteiger partial charge is 0.496 e. The maximum absolute atomic E-state index is 11.2. The summed E-state index contributed by atoms with van der Waals surface area (Å²) < 4.78 is 9.90. The molecular formula is C12H13N3O3. The minimum absolute atomic E-state index is 0.329. The molecule has 0 unspecified atom stereocenters. The monoisotopic (exact) mass is 247 g/mol. The van der Waals surface area contributed by atoms with Crippen LogP contribution in [-0.2, 0) is 9.53 Å². The lowest BCUT2D eigenvalue weighted by Gasteiger charge is -2.05. The van der Waals surface area contributed by atoms with Crippen molar-refractivity contribution in [1.82, 2.24) is 0 Å². The van der Waals surface area contributed by atoms with E-state index in [2.05, 4.69) is 10.0 Å². The van der Waals surface area contributed by atoms with E-state index in [1.807, 2.05) is 0 Å². The van der Waals surface area contributed by atoms with Crippen LogP contribution in [0.25, 0.3) is 16.5 Å². The molecule has 0 heterocycles. The zero-order valence-electron chi connectivity index (χ0n) is 10.2. The normalized spacial score (nSPS) is 9.89. The second kappa shape index (κ2) is 6.98. The van der Waals surface area contributed by atoms with Crippen LogP contribution in [0, 0.1) is 0 Å². The molecule has 0 aromatic heterocycles. The Morgan fingerprint density at radius 1 is 1.56 bits per heavy atom. The Labute approximate surface area is 104 Å². The molecule has 0 N–H and O–H groups in total. The van der Waals surface area contributed by atoms with E-state index >= 15 is 0 Å². The van der Waals surface area contributed by atoms with Crippen molar-refractivity contribution in [2.24, 2.45) is 5.11 Å². The quantitative estimate of drug-likeness (QED) is 0.263. The van der Waals surface area contributed by atoms with Crippen molar-refractivity contribution in [3.8, 4) is 5.75 Å². The standard InChI is InChI=1S/C12H13N3O3/c1-3-18-12(16)7-5-9-4-6-10(14-15-13)8-11(9)17-2/h4-8H,3H2,1-2H3/b7-5+. The van der Waals surface area contributed by atoms with E-state index in [1.165, 1.54) is 13.2 Å². The van der Waals surface area contributed by atoms with Gasteiger partial charge in [-0.2, -0.15) is 0 Å². The highest BCUT2D eigenvalue weighted by Gasteiger charge is 2.02. The molecule has 0 fully saturated rings. The van der Waals surface area contributed by atoms with Crippen LogP contribution in [-0.4, -0.2) is 19.7 Å². The van der Waals surface area contributed by atoms with Crippen LogP contribution >= 0.6 is 0 Å². The lowest BCUT2D eigenvalue weighted by Crippen LogP contribution is -1.98. The van der Waals surface area contributed by atoms with Gasteiger partial charge in [-0.05, 0) is 24.6 Å². The van der Waals surface area contributed by atoms with E-state index in [0.717, 1.165) is 0 Å². The van der Waals surface area contributed by atoms with Gasteiger partial charge < -0.3 is 9.47 Å². The summed E-state index contributed by atoms with van der Waals surface area (Å²) >= 11 is 0. The number of hydrogen-bond acceptors (Lipinski definition) is 4. The molecule has 0 saturated heterocycles. The SMILES string of the molecule is CCOC(=O)/C=C/c1ccc(N=[N+]=[N-])cc1OC. The number of methoxy groups -OCH3 is 1. The van der Waals surface area contributed by atoms with Crippen LogP contribution in [0.3, 0.4) is 0 Å². The molecule has 1 aromatic carbocycles. The van der Waals surface area contributed by atoms with Gasteiger partial charge in [0.2, 0.25) is 0 Å². The molecule has 6 nitrogen and oxygen atoms in total. The van der Waals surface area contributed by atoms with Crippen LogP contribution in [0.2, 0.25) is 0 Å². The maximum atomic E-state index is 11.2. The number of carbonyl (C=O) groups excluding carboxylic acids is 1. The van der Waals surface area contributed by atoms with Gasteiger partial charge in [0.25, 0.3) is 0 Å². The molecule has 0 atom stereocenters. The maximum Gasteiger partial charge on any atom is 0.330 e. The number of esters is 1. The number of nitrogens with zero attached hydrogens (tertiary/aromatic N) is 3. The van der Waals surface area contributed by atoms with Crippen LogP contribution in [0.4, 0.5) is 5.69 Å². The lowest BCUT2D eigenvalue weighted by molar-refractivity contribution is -0.137. The Morgan fingerprint density at radius 3 is 2.94 bits per heavy atom. The van der Waals surface area contributed by atoms with Crippen LogP contribution in [0.15, 0.2) is 29.4 Å². The molecule has 94 valence electrons. The van der Waals surface area contributed by atoms with Crippen LogP contribution in [0.1, 0.15) is 12.5 Å². The van der Waals surface area contributed by atoms with Crippen LogP contribution < -0.4 is 4.74 Å². The summed E-state index contributed by atoms with van der Waals surface area (Å²) in [6.45, 7) is 2.07. The minimum Gasteiger partial charge on any atom is -0.496 e. The second-order valence-electron chi connectivity index (χ2n) is 3.20. The van der Waals surface area contributed by atoms with Gasteiger partial charge in [-0.3, -0.25) is 0 Å². The highest BCUT2D eigenvalue weighted by Crippen LogP contribution is 2.26. The molecule has 1 rings (SSSR count). The molecule has 0 aliphatic heterocycles. The molecule has 0 aliphatic carbocycles. The van der Waals surface area contributed by atoms with E-state index in [0.29, 0.717) is 23.6 Å². The number of benzene rings is 1. The summed E-state index contributed by atoms with van der Waals surface area (Å²) in [5.41, 5.74) is 9.47. The number of carbonyl (C=O) groups is 1. The third kappa shape index (κ3) is 3.84. The van der Waals surface area contributed by atoms with Crippen LogP contribution in [0.5, 0.6) is 5.75 Å². The van der Waals surface area contributed by atoms with Crippen molar-refractivity contribution in [1.29, 1.82) is 0 Å². The molecule has 6 heteroatoms. The second-order valence-corrected chi connectivity index (χ2v) is 3.20. The van der Waals surface area contributed by atoms with Gasteiger partial charge >= 0.3 is 5.97 Å². The number of hydrogen-bond donors (Lipinski definition) is 0. The van der Waals surface area contributed by atoms with Crippen molar-refractivity contribution >= 4 is 17.7 Å². The molecule has 0 aliphatic rings. The van der Waals surface area contributed by atoms with Gasteiger partial charge in [0.15, 0.2) is 0 Å². The van der Waals surface area contributed by atoms with E-state index in [9.17, 15) is 4.79 Å². The molecule has 0 bridgehead atoms. The van der Waals surface area contributed by atoms with Gasteiger partial charge in [-0.1, -0.05) is 17.2 Å². The predicted molar refractivity (Wildman–Crippen MR) is 67.5 cm³/mol. The average Bonchev–Trinajstić information content (AvgIpc) is 2.37. The van der Waals surface area contributed by atoms with E-state index in [-0.39, 0.29) is 0 Å². The van der Waals surface area contributed by atoms with Gasteiger partial charge in [0, 0.05) is 22.2 Å². The number of ether oxygens (including phenoxy) is 2. The fourth-order valence-electron chi connectivity index (χ4n) is 1.30. The van der Waals surface area contributed by atoms with Gasteiger partial charge in [-0.15, -0.1) is 0 Å². The number of azide groups is 1. The molecule has 0 spiro atoms. The Bertz CT molecular complexity index is 505. The highest BCUT2D eigenvalue weighted by atomic mass is 16.5. The smallest absolute Gasteiger partial charge is 0.330 e. The zero-order valence-corrected chi connectivity index (χ0v) is 10.2. The van der Waals surface area contributed by atoms with E-state index < -0.39 is 5.97 Å².